The molecular formula is C23H24N2O4. The van der Waals surface area contributed by atoms with Crippen LogP contribution < -0.4 is 5.32 Å². The molecule has 0 spiro atoms. The molecule has 0 unspecified atom stereocenters. The second-order valence-electron chi connectivity index (χ2n) is 6.84. The number of nitrogens with zero attached hydrogens (tertiary/aromatic N) is 1. The zero-order valence-electron chi connectivity index (χ0n) is 16.3. The van der Waals surface area contributed by atoms with Crippen molar-refractivity contribution in [2.24, 2.45) is 0 Å². The predicted molar refractivity (Wildman–Crippen MR) is 109 cm³/mol. The highest BCUT2D eigenvalue weighted by molar-refractivity contribution is 5.82. The molecule has 2 aromatic rings. The summed E-state index contributed by atoms with van der Waals surface area (Å²) in [5.41, 5.74) is 2.97. The van der Waals surface area contributed by atoms with Gasteiger partial charge in [-0.25, -0.2) is 0 Å². The molecule has 0 radical (unpaired) electrons. The summed E-state index contributed by atoms with van der Waals surface area (Å²) in [6.07, 6.45) is 4.22. The molecule has 150 valence electrons. The van der Waals surface area contributed by atoms with Crippen LogP contribution in [-0.4, -0.2) is 35.8 Å². The van der Waals surface area contributed by atoms with Gasteiger partial charge in [0.2, 0.25) is 5.91 Å². The molecule has 0 bridgehead atoms. The lowest BCUT2D eigenvalue weighted by Gasteiger charge is -2.32. The third kappa shape index (κ3) is 5.54. The minimum Gasteiger partial charge on any atom is -0.456 e. The lowest BCUT2D eigenvalue weighted by molar-refractivity contribution is -0.150. The van der Waals surface area contributed by atoms with Gasteiger partial charge in [0.25, 0.3) is 5.91 Å². The molecule has 1 aliphatic heterocycles. The number of carbonyl (C=O) groups is 3. The summed E-state index contributed by atoms with van der Waals surface area (Å²) in [6, 6.07) is 17.0. The van der Waals surface area contributed by atoms with Crippen LogP contribution in [-0.2, 0) is 25.5 Å². The predicted octanol–water partition coefficient (Wildman–Crippen LogP) is 2.85. The summed E-state index contributed by atoms with van der Waals surface area (Å²) in [6.45, 7) is 1.59. The Hall–Kier alpha value is -3.41. The third-order valence-electron chi connectivity index (χ3n) is 4.77. The maximum Gasteiger partial charge on any atom is 0.308 e. The van der Waals surface area contributed by atoms with Crippen molar-refractivity contribution < 1.29 is 19.1 Å². The van der Waals surface area contributed by atoms with E-state index in [2.05, 4.69) is 5.32 Å². The number of amides is 2. The number of rotatable bonds is 7. The molecule has 29 heavy (non-hydrogen) atoms. The van der Waals surface area contributed by atoms with Crippen LogP contribution in [0.1, 0.15) is 36.1 Å². The zero-order valence-corrected chi connectivity index (χ0v) is 16.3. The SMILES string of the molecule is CC(=O)N1C=Cc2ccccc2[C@@H]1CC(=O)OCC(=O)NCCc1ccccc1. The number of fused-ring (bicyclic) bond motifs is 1. The van der Waals surface area contributed by atoms with Crippen molar-refractivity contribution in [3.8, 4) is 0 Å². The molecule has 6 nitrogen and oxygen atoms in total. The van der Waals surface area contributed by atoms with Gasteiger partial charge in [-0.15, -0.1) is 0 Å². The third-order valence-corrected chi connectivity index (χ3v) is 4.77. The van der Waals surface area contributed by atoms with E-state index in [-0.39, 0.29) is 24.8 Å². The van der Waals surface area contributed by atoms with Gasteiger partial charge in [-0.3, -0.25) is 14.4 Å². The van der Waals surface area contributed by atoms with Crippen molar-refractivity contribution >= 4 is 23.9 Å². The van der Waals surface area contributed by atoms with Crippen LogP contribution in [0.15, 0.2) is 60.8 Å². The average Bonchev–Trinajstić information content (AvgIpc) is 2.73. The van der Waals surface area contributed by atoms with E-state index >= 15 is 0 Å². The number of hydrogen-bond donors (Lipinski definition) is 1. The van der Waals surface area contributed by atoms with Crippen molar-refractivity contribution in [3.63, 3.8) is 0 Å². The van der Waals surface area contributed by atoms with Crippen LogP contribution >= 0.6 is 0 Å². The monoisotopic (exact) mass is 392 g/mol. The minimum atomic E-state index is -0.524. The van der Waals surface area contributed by atoms with Crippen molar-refractivity contribution in [1.29, 1.82) is 0 Å². The molecular weight excluding hydrogens is 368 g/mol. The Morgan fingerprint density at radius 2 is 1.76 bits per heavy atom. The Balaban J connectivity index is 1.49. The van der Waals surface area contributed by atoms with Gasteiger partial charge >= 0.3 is 5.97 Å². The average molecular weight is 392 g/mol. The fraction of sp³-hybridized carbons (Fsp3) is 0.261. The fourth-order valence-electron chi connectivity index (χ4n) is 3.32. The molecule has 0 fully saturated rings. The highest BCUT2D eigenvalue weighted by Crippen LogP contribution is 2.32. The van der Waals surface area contributed by atoms with Crippen LogP contribution in [0.2, 0.25) is 0 Å². The van der Waals surface area contributed by atoms with Gasteiger partial charge in [0.1, 0.15) is 0 Å². The molecule has 0 saturated heterocycles. The number of benzene rings is 2. The second-order valence-corrected chi connectivity index (χ2v) is 6.84. The number of esters is 1. The van der Waals surface area contributed by atoms with E-state index < -0.39 is 12.0 Å². The molecule has 1 atom stereocenters. The summed E-state index contributed by atoms with van der Waals surface area (Å²) in [5.74, 6) is -1.03. The van der Waals surface area contributed by atoms with E-state index in [0.29, 0.717) is 13.0 Å². The highest BCUT2D eigenvalue weighted by atomic mass is 16.5. The first-order valence-corrected chi connectivity index (χ1v) is 9.57. The summed E-state index contributed by atoms with van der Waals surface area (Å²) >= 11 is 0. The van der Waals surface area contributed by atoms with Crippen molar-refractivity contribution in [2.45, 2.75) is 25.8 Å². The van der Waals surface area contributed by atoms with Gasteiger partial charge in [0.05, 0.1) is 12.5 Å². The molecule has 2 amide bonds. The summed E-state index contributed by atoms with van der Waals surface area (Å²) in [4.78, 5) is 37.7. The van der Waals surface area contributed by atoms with E-state index in [1.54, 1.807) is 6.20 Å². The molecule has 1 N–H and O–H groups in total. The maximum absolute atomic E-state index is 12.3. The minimum absolute atomic E-state index is 0.0156. The van der Waals surface area contributed by atoms with E-state index in [0.717, 1.165) is 16.7 Å². The van der Waals surface area contributed by atoms with Crippen LogP contribution in [0, 0.1) is 0 Å². The molecule has 6 heteroatoms. The first kappa shape index (κ1) is 20.3. The van der Waals surface area contributed by atoms with Gasteiger partial charge in [-0.1, -0.05) is 54.6 Å². The molecule has 0 aromatic heterocycles. The van der Waals surface area contributed by atoms with Gasteiger partial charge in [-0.2, -0.15) is 0 Å². The van der Waals surface area contributed by atoms with Crippen LogP contribution in [0.25, 0.3) is 6.08 Å². The van der Waals surface area contributed by atoms with E-state index in [1.807, 2.05) is 60.7 Å². The first-order valence-electron chi connectivity index (χ1n) is 9.57. The largest absolute Gasteiger partial charge is 0.456 e. The Labute approximate surface area is 170 Å². The summed E-state index contributed by atoms with van der Waals surface area (Å²) < 4.78 is 5.14. The summed E-state index contributed by atoms with van der Waals surface area (Å²) in [7, 11) is 0. The number of ether oxygens (including phenoxy) is 1. The molecule has 2 aromatic carbocycles. The maximum atomic E-state index is 12.3. The number of hydrogen-bond acceptors (Lipinski definition) is 4. The number of nitrogens with one attached hydrogen (secondary N) is 1. The quantitative estimate of drug-likeness (QED) is 0.735. The highest BCUT2D eigenvalue weighted by Gasteiger charge is 2.28. The molecule has 3 rings (SSSR count). The first-order chi connectivity index (χ1) is 14.0. The van der Waals surface area contributed by atoms with Crippen LogP contribution in [0.3, 0.4) is 0 Å². The fourth-order valence-corrected chi connectivity index (χ4v) is 3.32. The standard InChI is InChI=1S/C23H24N2O4/c1-17(26)25-14-12-19-9-5-6-10-20(19)21(25)15-23(28)29-16-22(27)24-13-11-18-7-3-2-4-8-18/h2-10,12,14,21H,11,13,15-16H2,1H3,(H,24,27)/t21-/m0/s1. The van der Waals surface area contributed by atoms with Crippen molar-refractivity contribution in [2.75, 3.05) is 13.2 Å². The summed E-state index contributed by atoms with van der Waals surface area (Å²) in [5, 5.41) is 2.74. The van der Waals surface area contributed by atoms with Crippen molar-refractivity contribution in [1.82, 2.24) is 10.2 Å². The Bertz CT molecular complexity index is 908. The van der Waals surface area contributed by atoms with Crippen LogP contribution in [0.5, 0.6) is 0 Å². The molecule has 1 heterocycles. The van der Waals surface area contributed by atoms with Gasteiger partial charge in [0, 0.05) is 19.7 Å². The molecule has 0 saturated carbocycles. The van der Waals surface area contributed by atoms with Gasteiger partial charge < -0.3 is 15.0 Å². The number of carbonyl (C=O) groups excluding carboxylic acids is 3. The molecule has 1 aliphatic rings. The second kappa shape index (κ2) is 9.68. The van der Waals surface area contributed by atoms with Gasteiger partial charge in [-0.05, 0) is 29.2 Å². The smallest absolute Gasteiger partial charge is 0.308 e. The van der Waals surface area contributed by atoms with E-state index in [1.165, 1.54) is 11.8 Å². The van der Waals surface area contributed by atoms with Crippen LogP contribution in [0.4, 0.5) is 0 Å². The Kier molecular flexibility index (Phi) is 6.79. The van der Waals surface area contributed by atoms with Crippen molar-refractivity contribution in [3.05, 3.63) is 77.5 Å². The Morgan fingerprint density at radius 3 is 2.52 bits per heavy atom. The van der Waals surface area contributed by atoms with E-state index in [9.17, 15) is 14.4 Å². The Morgan fingerprint density at radius 1 is 1.03 bits per heavy atom. The van der Waals surface area contributed by atoms with Gasteiger partial charge in [0.15, 0.2) is 6.61 Å². The topological polar surface area (TPSA) is 75.7 Å². The lowest BCUT2D eigenvalue weighted by atomic mass is 9.94. The molecule has 0 aliphatic carbocycles. The zero-order chi connectivity index (χ0) is 20.6. The lowest BCUT2D eigenvalue weighted by Crippen LogP contribution is -2.34. The normalized spacial score (nSPS) is 14.8. The van der Waals surface area contributed by atoms with E-state index in [4.69, 9.17) is 4.74 Å².